The van der Waals surface area contributed by atoms with Crippen molar-refractivity contribution in [3.63, 3.8) is 0 Å². The van der Waals surface area contributed by atoms with Gasteiger partial charge in [0.05, 0.1) is 6.04 Å². The minimum absolute atomic E-state index is 0.322. The van der Waals surface area contributed by atoms with Gasteiger partial charge in [-0.15, -0.1) is 0 Å². The molecule has 2 unspecified atom stereocenters. The standard InChI is InChI=1S/C30H36N6O2/c1-21-7-10-27(35-15-13-34(14-16-35)18-23-8-9-25-26(17-23)38-20-37-25)31-30-28-24(32-33-30)11-12-36(29(21)28)19-22-5-3-2-4-6-22/h2-6,8-10,17,21,24,32H,7,11-16,18-20H2,1H3,(H,31,33). The van der Waals surface area contributed by atoms with Gasteiger partial charge in [-0.25, -0.2) is 10.4 Å². The molecule has 2 saturated heterocycles. The van der Waals surface area contributed by atoms with E-state index >= 15 is 0 Å². The molecule has 8 nitrogen and oxygen atoms in total. The van der Waals surface area contributed by atoms with Gasteiger partial charge in [-0.3, -0.25) is 4.90 Å². The summed E-state index contributed by atoms with van der Waals surface area (Å²) in [5, 5.41) is 0. The van der Waals surface area contributed by atoms with Gasteiger partial charge in [-0.2, -0.15) is 0 Å². The minimum Gasteiger partial charge on any atom is -0.454 e. The highest BCUT2D eigenvalue weighted by Crippen LogP contribution is 2.36. The highest BCUT2D eigenvalue weighted by molar-refractivity contribution is 6.02. The molecule has 198 valence electrons. The van der Waals surface area contributed by atoms with Crippen LogP contribution in [0.5, 0.6) is 11.5 Å². The molecule has 0 radical (unpaired) electrons. The van der Waals surface area contributed by atoms with Crippen LogP contribution in [0.4, 0.5) is 0 Å². The summed E-state index contributed by atoms with van der Waals surface area (Å²) in [5.41, 5.74) is 12.4. The Hall–Kier alpha value is -3.49. The molecule has 8 heteroatoms. The molecule has 5 heterocycles. The Bertz CT molecular complexity index is 1280. The van der Waals surface area contributed by atoms with Crippen LogP contribution in [-0.2, 0) is 13.1 Å². The Kier molecular flexibility index (Phi) is 6.21. The van der Waals surface area contributed by atoms with E-state index in [-0.39, 0.29) is 0 Å². The Balaban J connectivity index is 1.06. The van der Waals surface area contributed by atoms with Crippen LogP contribution in [0, 0.1) is 5.92 Å². The van der Waals surface area contributed by atoms with Crippen LogP contribution in [0.2, 0.25) is 0 Å². The van der Waals surface area contributed by atoms with Crippen molar-refractivity contribution in [3.8, 4) is 11.5 Å². The fraction of sp³-hybridized carbons (Fsp3) is 0.433. The van der Waals surface area contributed by atoms with Crippen LogP contribution in [0.1, 0.15) is 30.9 Å². The maximum absolute atomic E-state index is 5.56. The number of hydrogen-bond acceptors (Lipinski definition) is 8. The van der Waals surface area contributed by atoms with E-state index in [0.717, 1.165) is 81.8 Å². The first kappa shape index (κ1) is 23.6. The van der Waals surface area contributed by atoms with E-state index in [1.165, 1.54) is 22.4 Å². The summed E-state index contributed by atoms with van der Waals surface area (Å²) in [5.74, 6) is 4.26. The molecule has 2 aromatic carbocycles. The summed E-state index contributed by atoms with van der Waals surface area (Å²) in [7, 11) is 0. The lowest BCUT2D eigenvalue weighted by molar-refractivity contribution is 0.151. The maximum Gasteiger partial charge on any atom is 0.231 e. The zero-order valence-corrected chi connectivity index (χ0v) is 22.0. The molecule has 0 aromatic heterocycles. The van der Waals surface area contributed by atoms with Crippen molar-refractivity contribution in [2.75, 3.05) is 39.5 Å². The molecule has 7 rings (SSSR count). The third-order valence-corrected chi connectivity index (χ3v) is 8.38. The summed E-state index contributed by atoms with van der Waals surface area (Å²) in [6, 6.07) is 17.4. The normalized spacial score (nSPS) is 24.9. The van der Waals surface area contributed by atoms with E-state index < -0.39 is 0 Å². The number of rotatable bonds is 5. The largest absolute Gasteiger partial charge is 0.454 e. The first-order chi connectivity index (χ1) is 18.7. The van der Waals surface area contributed by atoms with Gasteiger partial charge in [0.25, 0.3) is 0 Å². The lowest BCUT2D eigenvalue weighted by Gasteiger charge is -2.39. The molecule has 38 heavy (non-hydrogen) atoms. The van der Waals surface area contributed by atoms with Crippen LogP contribution in [0.15, 0.2) is 76.7 Å². The van der Waals surface area contributed by atoms with Crippen molar-refractivity contribution in [2.24, 2.45) is 10.9 Å². The monoisotopic (exact) mass is 512 g/mol. The second-order valence-electron chi connectivity index (χ2n) is 10.9. The number of nitrogens with zero attached hydrogens (tertiary/aromatic N) is 4. The molecule has 0 saturated carbocycles. The molecule has 2 N–H and O–H groups in total. The first-order valence-electron chi connectivity index (χ1n) is 13.9. The van der Waals surface area contributed by atoms with Gasteiger partial charge in [0.1, 0.15) is 11.7 Å². The summed E-state index contributed by atoms with van der Waals surface area (Å²) in [6.07, 6.45) is 4.45. The molecule has 5 aliphatic heterocycles. The van der Waals surface area contributed by atoms with Gasteiger partial charge < -0.3 is 24.7 Å². The topological polar surface area (TPSA) is 64.6 Å². The van der Waals surface area contributed by atoms with E-state index in [1.807, 2.05) is 6.07 Å². The molecule has 2 fully saturated rings. The van der Waals surface area contributed by atoms with Crippen LogP contribution in [-0.4, -0.2) is 66.1 Å². The summed E-state index contributed by atoms with van der Waals surface area (Å²) in [6.45, 7) is 9.62. The number of allylic oxidation sites excluding steroid dienone is 2. The SMILES string of the molecule is CC1CC=C(N2CCN(Cc3ccc4c(c3)OCO4)CC2)N=C2NNC3CCN(Cc4ccccc4)C1=C23. The van der Waals surface area contributed by atoms with E-state index in [0.29, 0.717) is 18.8 Å². The Morgan fingerprint density at radius 1 is 0.921 bits per heavy atom. The zero-order valence-electron chi connectivity index (χ0n) is 22.0. The second kappa shape index (κ2) is 10.0. The van der Waals surface area contributed by atoms with Crippen LogP contribution >= 0.6 is 0 Å². The van der Waals surface area contributed by atoms with Gasteiger partial charge in [-0.05, 0) is 42.2 Å². The number of benzene rings is 2. The Labute approximate surface area is 224 Å². The molecule has 2 atom stereocenters. The fourth-order valence-electron chi connectivity index (χ4n) is 6.37. The van der Waals surface area contributed by atoms with Crippen molar-refractivity contribution in [2.45, 2.75) is 38.9 Å². The van der Waals surface area contributed by atoms with E-state index in [2.05, 4.69) is 81.0 Å². The number of ether oxygens (including phenoxy) is 2. The summed E-state index contributed by atoms with van der Waals surface area (Å²) < 4.78 is 11.0. The number of amidine groups is 1. The van der Waals surface area contributed by atoms with Crippen LogP contribution in [0.25, 0.3) is 0 Å². The molecule has 2 aromatic rings. The number of hydrogen-bond donors (Lipinski definition) is 2. The quantitative estimate of drug-likeness (QED) is 0.636. The highest BCUT2D eigenvalue weighted by atomic mass is 16.7. The average Bonchev–Trinajstić information content (AvgIpc) is 3.57. The van der Waals surface area contributed by atoms with Crippen molar-refractivity contribution in [1.82, 2.24) is 25.6 Å². The number of aliphatic imine (C=N–C) groups is 1. The van der Waals surface area contributed by atoms with Crippen LogP contribution in [0.3, 0.4) is 0 Å². The number of piperazine rings is 1. The first-order valence-corrected chi connectivity index (χ1v) is 13.9. The second-order valence-corrected chi connectivity index (χ2v) is 10.9. The average molecular weight is 513 g/mol. The predicted octanol–water partition coefficient (Wildman–Crippen LogP) is 3.45. The maximum atomic E-state index is 5.56. The molecular weight excluding hydrogens is 476 g/mol. The number of fused-ring (bicyclic) bond motifs is 1. The van der Waals surface area contributed by atoms with E-state index in [1.54, 1.807) is 0 Å². The van der Waals surface area contributed by atoms with Gasteiger partial charge in [0.15, 0.2) is 11.5 Å². The highest BCUT2D eigenvalue weighted by Gasteiger charge is 2.38. The molecule has 0 amide bonds. The van der Waals surface area contributed by atoms with E-state index in [9.17, 15) is 0 Å². The Morgan fingerprint density at radius 2 is 1.76 bits per heavy atom. The van der Waals surface area contributed by atoms with Crippen molar-refractivity contribution in [3.05, 3.63) is 82.8 Å². The lowest BCUT2D eigenvalue weighted by Crippen LogP contribution is -2.45. The van der Waals surface area contributed by atoms with Gasteiger partial charge >= 0.3 is 0 Å². The molecule has 5 aliphatic rings. The fourth-order valence-corrected chi connectivity index (χ4v) is 6.37. The van der Waals surface area contributed by atoms with Gasteiger partial charge in [0.2, 0.25) is 6.79 Å². The molecule has 0 aliphatic carbocycles. The number of nitrogens with one attached hydrogen (secondary N) is 2. The lowest BCUT2D eigenvalue weighted by atomic mass is 9.88. The van der Waals surface area contributed by atoms with Gasteiger partial charge in [-0.1, -0.05) is 43.3 Å². The van der Waals surface area contributed by atoms with E-state index in [4.69, 9.17) is 14.5 Å². The Morgan fingerprint density at radius 3 is 2.63 bits per heavy atom. The smallest absolute Gasteiger partial charge is 0.231 e. The zero-order chi connectivity index (χ0) is 25.5. The summed E-state index contributed by atoms with van der Waals surface area (Å²) in [4.78, 5) is 12.8. The third kappa shape index (κ3) is 4.52. The van der Waals surface area contributed by atoms with Gasteiger partial charge in [0, 0.05) is 63.0 Å². The molecule has 0 spiro atoms. The number of hydrazine groups is 1. The van der Waals surface area contributed by atoms with Crippen molar-refractivity contribution >= 4 is 5.84 Å². The van der Waals surface area contributed by atoms with Crippen molar-refractivity contribution < 1.29 is 9.47 Å². The van der Waals surface area contributed by atoms with Crippen molar-refractivity contribution in [1.29, 1.82) is 0 Å². The minimum atomic E-state index is 0.322. The summed E-state index contributed by atoms with van der Waals surface area (Å²) >= 11 is 0. The molecule has 0 bridgehead atoms. The third-order valence-electron chi connectivity index (χ3n) is 8.38. The van der Waals surface area contributed by atoms with Crippen LogP contribution < -0.4 is 20.3 Å². The molecular formula is C30H36N6O2. The predicted molar refractivity (Wildman–Crippen MR) is 147 cm³/mol.